The number of carbonyl (C=O) groups is 1. The predicted octanol–water partition coefficient (Wildman–Crippen LogP) is 1.59. The van der Waals surface area contributed by atoms with Gasteiger partial charge in [0.05, 0.1) is 0 Å². The van der Waals surface area contributed by atoms with E-state index in [4.69, 9.17) is 0 Å². The number of carbonyl (C=O) groups excluding carboxylic acids is 1. The maximum Gasteiger partial charge on any atom is 0.298 e. The third kappa shape index (κ3) is 4.62. The van der Waals surface area contributed by atoms with Crippen molar-refractivity contribution in [3.05, 3.63) is 30.3 Å². The van der Waals surface area contributed by atoms with Crippen molar-refractivity contribution >= 4 is 6.47 Å². The van der Waals surface area contributed by atoms with Crippen LogP contribution in [0.3, 0.4) is 0 Å². The largest absolute Gasteiger partial charge is 0.429 e. The Morgan fingerprint density at radius 2 is 1.79 bits per heavy atom. The number of benzene rings is 1. The molecule has 0 spiro atoms. The van der Waals surface area contributed by atoms with Crippen LogP contribution in [0, 0.1) is 0 Å². The Morgan fingerprint density at radius 3 is 2.21 bits per heavy atom. The molecular weight excluding hydrogens is 178 g/mol. The number of hydrogen-bond acceptors (Lipinski definition) is 3. The number of hydrogen-bond donors (Lipinski definition) is 1. The van der Waals surface area contributed by atoms with E-state index in [1.807, 2.05) is 6.07 Å². The molecule has 1 fully saturated rings. The van der Waals surface area contributed by atoms with Crippen molar-refractivity contribution in [2.75, 3.05) is 13.1 Å². The van der Waals surface area contributed by atoms with Gasteiger partial charge in [-0.2, -0.15) is 0 Å². The van der Waals surface area contributed by atoms with Crippen LogP contribution in [0.15, 0.2) is 30.3 Å². The van der Waals surface area contributed by atoms with Gasteiger partial charge in [-0.15, -0.1) is 0 Å². The van der Waals surface area contributed by atoms with E-state index in [2.05, 4.69) is 10.1 Å². The van der Waals surface area contributed by atoms with Crippen LogP contribution in [0.1, 0.15) is 12.8 Å². The molecule has 14 heavy (non-hydrogen) atoms. The average molecular weight is 193 g/mol. The highest BCUT2D eigenvalue weighted by molar-refractivity contribution is 5.44. The first-order chi connectivity index (χ1) is 6.93. The first kappa shape index (κ1) is 10.7. The van der Waals surface area contributed by atoms with Crippen LogP contribution >= 0.6 is 0 Å². The summed E-state index contributed by atoms with van der Waals surface area (Å²) in [5.41, 5.74) is 0. The van der Waals surface area contributed by atoms with E-state index in [1.165, 1.54) is 25.9 Å². The third-order valence-electron chi connectivity index (χ3n) is 1.88. The topological polar surface area (TPSA) is 38.3 Å². The summed E-state index contributed by atoms with van der Waals surface area (Å²) in [6, 6.07) is 8.90. The molecule has 1 heterocycles. The molecule has 1 saturated heterocycles. The molecule has 1 N–H and O–H groups in total. The molecule has 1 aromatic rings. The van der Waals surface area contributed by atoms with Crippen LogP contribution in [0.4, 0.5) is 0 Å². The van der Waals surface area contributed by atoms with Crippen molar-refractivity contribution in [2.45, 2.75) is 12.8 Å². The molecule has 0 aliphatic carbocycles. The molecule has 0 saturated carbocycles. The zero-order valence-corrected chi connectivity index (χ0v) is 8.11. The minimum absolute atomic E-state index is 0.412. The molecule has 0 atom stereocenters. The fourth-order valence-corrected chi connectivity index (χ4v) is 1.18. The third-order valence-corrected chi connectivity index (χ3v) is 1.88. The zero-order chi connectivity index (χ0) is 10.1. The monoisotopic (exact) mass is 193 g/mol. The molecule has 0 amide bonds. The van der Waals surface area contributed by atoms with Gasteiger partial charge in [0.1, 0.15) is 5.75 Å². The Labute approximate surface area is 84.1 Å². The standard InChI is InChI=1S/C7H6O2.C4H9N/c8-6-9-7-4-2-1-3-5-7;1-2-4-5-3-1/h1-6H;5H,1-4H2. The number of para-hydroxylation sites is 1. The quantitative estimate of drug-likeness (QED) is 0.725. The van der Waals surface area contributed by atoms with Gasteiger partial charge in [0, 0.05) is 0 Å². The van der Waals surface area contributed by atoms with Crippen LogP contribution in [-0.2, 0) is 4.79 Å². The summed E-state index contributed by atoms with van der Waals surface area (Å²) >= 11 is 0. The normalized spacial score (nSPS) is 14.0. The van der Waals surface area contributed by atoms with Gasteiger partial charge in [-0.3, -0.25) is 4.79 Å². The molecule has 0 radical (unpaired) electrons. The molecule has 3 heteroatoms. The molecule has 76 valence electrons. The fourth-order valence-electron chi connectivity index (χ4n) is 1.18. The Bertz CT molecular complexity index is 237. The lowest BCUT2D eigenvalue weighted by atomic mass is 10.3. The van der Waals surface area contributed by atoms with E-state index >= 15 is 0 Å². The maximum absolute atomic E-state index is 9.75. The summed E-state index contributed by atoms with van der Waals surface area (Å²) in [7, 11) is 0. The lowest BCUT2D eigenvalue weighted by Gasteiger charge is -1.92. The summed E-state index contributed by atoms with van der Waals surface area (Å²) in [4.78, 5) is 9.75. The van der Waals surface area contributed by atoms with E-state index in [9.17, 15) is 4.79 Å². The lowest BCUT2D eigenvalue weighted by molar-refractivity contribution is -0.120. The van der Waals surface area contributed by atoms with Crippen LogP contribution in [0.2, 0.25) is 0 Å². The molecular formula is C11H15NO2. The Balaban J connectivity index is 0.000000165. The molecule has 2 rings (SSSR count). The lowest BCUT2D eigenvalue weighted by Crippen LogP contribution is -2.03. The molecule has 1 aromatic carbocycles. The predicted molar refractivity (Wildman–Crippen MR) is 55.2 cm³/mol. The van der Waals surface area contributed by atoms with E-state index in [-0.39, 0.29) is 0 Å². The highest BCUT2D eigenvalue weighted by atomic mass is 16.5. The molecule has 3 nitrogen and oxygen atoms in total. The minimum atomic E-state index is 0.412. The maximum atomic E-state index is 9.75. The van der Waals surface area contributed by atoms with Crippen LogP contribution in [-0.4, -0.2) is 19.6 Å². The van der Waals surface area contributed by atoms with Crippen molar-refractivity contribution in [3.63, 3.8) is 0 Å². The van der Waals surface area contributed by atoms with Gasteiger partial charge in [0.15, 0.2) is 0 Å². The second kappa shape index (κ2) is 7.09. The molecule has 1 aliphatic heterocycles. The minimum Gasteiger partial charge on any atom is -0.429 e. The van der Waals surface area contributed by atoms with Gasteiger partial charge in [0.2, 0.25) is 0 Å². The highest BCUT2D eigenvalue weighted by Gasteiger charge is 1.93. The summed E-state index contributed by atoms with van der Waals surface area (Å²) in [5, 5.41) is 3.22. The average Bonchev–Trinajstić information content (AvgIpc) is 2.78. The van der Waals surface area contributed by atoms with Crippen molar-refractivity contribution in [1.29, 1.82) is 0 Å². The zero-order valence-electron chi connectivity index (χ0n) is 8.11. The highest BCUT2D eigenvalue weighted by Crippen LogP contribution is 2.05. The van der Waals surface area contributed by atoms with Gasteiger partial charge < -0.3 is 10.1 Å². The van der Waals surface area contributed by atoms with E-state index in [0.717, 1.165) is 0 Å². The van der Waals surface area contributed by atoms with Gasteiger partial charge in [0.25, 0.3) is 6.47 Å². The number of rotatable bonds is 2. The second-order valence-electron chi connectivity index (χ2n) is 2.98. The van der Waals surface area contributed by atoms with Crippen LogP contribution < -0.4 is 10.1 Å². The fraction of sp³-hybridized carbons (Fsp3) is 0.364. The molecule has 0 unspecified atom stereocenters. The summed E-state index contributed by atoms with van der Waals surface area (Å²) in [5.74, 6) is 0.576. The van der Waals surface area contributed by atoms with Gasteiger partial charge in [-0.1, -0.05) is 18.2 Å². The summed E-state index contributed by atoms with van der Waals surface area (Å²) < 4.78 is 4.53. The van der Waals surface area contributed by atoms with Crippen molar-refractivity contribution in [2.24, 2.45) is 0 Å². The van der Waals surface area contributed by atoms with Crippen molar-refractivity contribution in [1.82, 2.24) is 5.32 Å². The summed E-state index contributed by atoms with van der Waals surface area (Å²) in [6.45, 7) is 2.91. The Morgan fingerprint density at radius 1 is 1.14 bits per heavy atom. The summed E-state index contributed by atoms with van der Waals surface area (Å²) in [6.07, 6.45) is 2.78. The van der Waals surface area contributed by atoms with Gasteiger partial charge >= 0.3 is 0 Å². The number of ether oxygens (including phenoxy) is 1. The van der Waals surface area contributed by atoms with Crippen molar-refractivity contribution < 1.29 is 9.53 Å². The first-order valence-corrected chi connectivity index (χ1v) is 4.79. The molecule has 1 aliphatic rings. The van der Waals surface area contributed by atoms with Crippen LogP contribution in [0.5, 0.6) is 5.75 Å². The van der Waals surface area contributed by atoms with E-state index < -0.39 is 0 Å². The smallest absolute Gasteiger partial charge is 0.298 e. The van der Waals surface area contributed by atoms with Crippen molar-refractivity contribution in [3.8, 4) is 5.75 Å². The van der Waals surface area contributed by atoms with Gasteiger partial charge in [-0.25, -0.2) is 0 Å². The van der Waals surface area contributed by atoms with E-state index in [0.29, 0.717) is 12.2 Å². The Hall–Kier alpha value is -1.35. The van der Waals surface area contributed by atoms with E-state index in [1.54, 1.807) is 24.3 Å². The Kier molecular flexibility index (Phi) is 5.43. The SMILES string of the molecule is C1CCNC1.O=COc1ccccc1. The van der Waals surface area contributed by atoms with Crippen LogP contribution in [0.25, 0.3) is 0 Å². The molecule has 0 aromatic heterocycles. The second-order valence-corrected chi connectivity index (χ2v) is 2.98. The molecule has 0 bridgehead atoms. The number of nitrogens with one attached hydrogen (secondary N) is 1. The first-order valence-electron chi connectivity index (χ1n) is 4.79. The van der Waals surface area contributed by atoms with Gasteiger partial charge in [-0.05, 0) is 38.1 Å².